The lowest BCUT2D eigenvalue weighted by Gasteiger charge is -2.28. The number of amides is 1. The lowest BCUT2D eigenvalue weighted by molar-refractivity contribution is -0.140. The fraction of sp³-hybridized carbons (Fsp3) is 0.448. The highest BCUT2D eigenvalue weighted by Crippen LogP contribution is 2.41. The summed E-state index contributed by atoms with van der Waals surface area (Å²) in [5, 5.41) is 11.4. The molecular weight excluding hydrogens is 472 g/mol. The van der Waals surface area contributed by atoms with Crippen molar-refractivity contribution in [2.45, 2.75) is 39.7 Å². The van der Waals surface area contributed by atoms with E-state index in [0.717, 1.165) is 25.9 Å². The SMILES string of the molecule is CCCCOc1cccc([C@@H]2/C(=C(\O)c3ccc4c(c3)OCCO4)C(=O)C(=O)N2CCN(CC)CC)c1. The van der Waals surface area contributed by atoms with Crippen LogP contribution in [0.15, 0.2) is 48.0 Å². The molecule has 2 aromatic rings. The smallest absolute Gasteiger partial charge is 0.295 e. The van der Waals surface area contributed by atoms with Gasteiger partial charge in [-0.1, -0.05) is 39.3 Å². The molecule has 1 fully saturated rings. The van der Waals surface area contributed by atoms with Crippen molar-refractivity contribution in [3.05, 3.63) is 59.2 Å². The van der Waals surface area contributed by atoms with Gasteiger partial charge in [0.25, 0.3) is 11.7 Å². The number of rotatable bonds is 11. The molecule has 2 aromatic carbocycles. The number of aliphatic hydroxyl groups excluding tert-OH is 1. The van der Waals surface area contributed by atoms with Gasteiger partial charge in [0.2, 0.25) is 0 Å². The minimum atomic E-state index is -0.738. The Kier molecular flexibility index (Phi) is 8.71. The number of carbonyl (C=O) groups excluding carboxylic acids is 2. The van der Waals surface area contributed by atoms with Gasteiger partial charge in [0.05, 0.1) is 18.2 Å². The second-order valence-electron chi connectivity index (χ2n) is 9.15. The van der Waals surface area contributed by atoms with Crippen molar-refractivity contribution in [1.82, 2.24) is 9.80 Å². The molecule has 0 aromatic heterocycles. The summed E-state index contributed by atoms with van der Waals surface area (Å²) >= 11 is 0. The first kappa shape index (κ1) is 26.5. The first-order valence-electron chi connectivity index (χ1n) is 13.1. The minimum absolute atomic E-state index is 0.0620. The number of unbranched alkanes of at least 4 members (excludes halogenated alkanes) is 1. The van der Waals surface area contributed by atoms with E-state index in [1.54, 1.807) is 23.1 Å². The van der Waals surface area contributed by atoms with Gasteiger partial charge in [0.1, 0.15) is 24.7 Å². The molecule has 1 amide bonds. The standard InChI is InChI=1S/C29H36N2O6/c1-4-7-15-35-22-10-8-9-20(18-22)26-25(28(33)29(34)31(26)14-13-30(5-2)6-3)27(32)21-11-12-23-24(19-21)37-17-16-36-23/h8-12,18-19,26,32H,4-7,13-17H2,1-3H3/b27-25+/t26-/m1/s1. The first-order chi connectivity index (χ1) is 18.0. The maximum absolute atomic E-state index is 13.4. The van der Waals surface area contributed by atoms with Crippen LogP contribution in [0.2, 0.25) is 0 Å². The molecular formula is C29H36N2O6. The van der Waals surface area contributed by atoms with Gasteiger partial charge in [-0.05, 0) is 55.4 Å². The Morgan fingerprint density at radius 1 is 1.05 bits per heavy atom. The molecule has 2 aliphatic heterocycles. The van der Waals surface area contributed by atoms with E-state index in [-0.39, 0.29) is 11.3 Å². The summed E-state index contributed by atoms with van der Waals surface area (Å²) < 4.78 is 17.2. The zero-order valence-corrected chi connectivity index (χ0v) is 21.9. The number of carbonyl (C=O) groups is 2. The zero-order valence-electron chi connectivity index (χ0n) is 21.9. The molecule has 0 bridgehead atoms. The van der Waals surface area contributed by atoms with E-state index in [2.05, 4.69) is 25.7 Å². The maximum atomic E-state index is 13.4. The van der Waals surface area contributed by atoms with Crippen molar-refractivity contribution in [1.29, 1.82) is 0 Å². The Labute approximate surface area is 218 Å². The van der Waals surface area contributed by atoms with Crippen LogP contribution >= 0.6 is 0 Å². The van der Waals surface area contributed by atoms with E-state index in [1.165, 1.54) is 0 Å². The van der Waals surface area contributed by atoms with Crippen LogP contribution in [0.25, 0.3) is 5.76 Å². The number of likely N-dealkylation sites (tertiary alicyclic amines) is 1. The third-order valence-electron chi connectivity index (χ3n) is 6.85. The van der Waals surface area contributed by atoms with Gasteiger partial charge in [0, 0.05) is 18.7 Å². The van der Waals surface area contributed by atoms with Crippen LogP contribution in [0, 0.1) is 0 Å². The normalized spacial score (nSPS) is 18.5. The first-order valence-corrected chi connectivity index (χ1v) is 13.1. The van der Waals surface area contributed by atoms with Gasteiger partial charge in [-0.2, -0.15) is 0 Å². The van der Waals surface area contributed by atoms with E-state index in [9.17, 15) is 14.7 Å². The molecule has 0 aliphatic carbocycles. The Morgan fingerprint density at radius 3 is 2.54 bits per heavy atom. The van der Waals surface area contributed by atoms with Gasteiger partial charge < -0.3 is 29.1 Å². The molecule has 0 saturated carbocycles. The van der Waals surface area contributed by atoms with E-state index in [0.29, 0.717) is 61.3 Å². The highest BCUT2D eigenvalue weighted by Gasteiger charge is 2.46. The average Bonchev–Trinajstić information content (AvgIpc) is 3.18. The molecule has 0 unspecified atom stereocenters. The number of aliphatic hydroxyl groups is 1. The lowest BCUT2D eigenvalue weighted by Crippen LogP contribution is -2.38. The monoisotopic (exact) mass is 508 g/mol. The molecule has 198 valence electrons. The van der Waals surface area contributed by atoms with Crippen LogP contribution in [-0.4, -0.2) is 72.6 Å². The molecule has 0 radical (unpaired) electrons. The number of ketones is 1. The molecule has 8 heteroatoms. The van der Waals surface area contributed by atoms with Crippen molar-refractivity contribution < 1.29 is 28.9 Å². The molecule has 1 atom stereocenters. The van der Waals surface area contributed by atoms with Crippen LogP contribution in [0.3, 0.4) is 0 Å². The van der Waals surface area contributed by atoms with Gasteiger partial charge in [-0.15, -0.1) is 0 Å². The second kappa shape index (κ2) is 12.1. The fourth-order valence-corrected chi connectivity index (χ4v) is 4.70. The predicted molar refractivity (Wildman–Crippen MR) is 141 cm³/mol. The summed E-state index contributed by atoms with van der Waals surface area (Å²) in [4.78, 5) is 30.4. The van der Waals surface area contributed by atoms with Gasteiger partial charge in [0.15, 0.2) is 11.5 Å². The molecule has 37 heavy (non-hydrogen) atoms. The summed E-state index contributed by atoms with van der Waals surface area (Å²) in [5.74, 6) is 0.190. The molecule has 8 nitrogen and oxygen atoms in total. The number of hydrogen-bond donors (Lipinski definition) is 1. The largest absolute Gasteiger partial charge is 0.507 e. The van der Waals surface area contributed by atoms with Crippen molar-refractivity contribution in [2.75, 3.05) is 46.0 Å². The summed E-state index contributed by atoms with van der Waals surface area (Å²) in [7, 11) is 0. The van der Waals surface area contributed by atoms with Gasteiger partial charge >= 0.3 is 0 Å². The minimum Gasteiger partial charge on any atom is -0.507 e. The van der Waals surface area contributed by atoms with Crippen molar-refractivity contribution in [3.8, 4) is 17.2 Å². The summed E-state index contributed by atoms with van der Waals surface area (Å²) in [6.07, 6.45) is 1.94. The molecule has 1 N–H and O–H groups in total. The summed E-state index contributed by atoms with van der Waals surface area (Å²) in [5.41, 5.74) is 1.17. The number of Topliss-reactive ketones (excluding diaryl/α,β-unsaturated/α-hetero) is 1. The fourth-order valence-electron chi connectivity index (χ4n) is 4.70. The van der Waals surface area contributed by atoms with Crippen molar-refractivity contribution in [3.63, 3.8) is 0 Å². The van der Waals surface area contributed by atoms with E-state index in [4.69, 9.17) is 14.2 Å². The maximum Gasteiger partial charge on any atom is 0.295 e. The van der Waals surface area contributed by atoms with E-state index < -0.39 is 17.7 Å². The highest BCUT2D eigenvalue weighted by molar-refractivity contribution is 6.46. The number of benzene rings is 2. The molecule has 0 spiro atoms. The van der Waals surface area contributed by atoms with E-state index >= 15 is 0 Å². The quantitative estimate of drug-likeness (QED) is 0.208. The molecule has 2 heterocycles. The van der Waals surface area contributed by atoms with Crippen molar-refractivity contribution in [2.24, 2.45) is 0 Å². The molecule has 1 saturated heterocycles. The van der Waals surface area contributed by atoms with Crippen LogP contribution in [0.1, 0.15) is 50.8 Å². The Morgan fingerprint density at radius 2 is 1.81 bits per heavy atom. The number of nitrogens with zero attached hydrogens (tertiary/aromatic N) is 2. The molecule has 2 aliphatic rings. The Bertz CT molecular complexity index is 1160. The third kappa shape index (κ3) is 5.74. The average molecular weight is 509 g/mol. The van der Waals surface area contributed by atoms with Crippen LogP contribution in [0.5, 0.6) is 17.2 Å². The number of likely N-dealkylation sites (N-methyl/N-ethyl adjacent to an activating group) is 1. The van der Waals surface area contributed by atoms with Crippen LogP contribution in [-0.2, 0) is 9.59 Å². The summed E-state index contributed by atoms with van der Waals surface area (Å²) in [6, 6.07) is 11.7. The number of hydrogen-bond acceptors (Lipinski definition) is 7. The Balaban J connectivity index is 1.76. The predicted octanol–water partition coefficient (Wildman–Crippen LogP) is 4.40. The Hall–Kier alpha value is -3.52. The van der Waals surface area contributed by atoms with Crippen LogP contribution < -0.4 is 14.2 Å². The highest BCUT2D eigenvalue weighted by atomic mass is 16.6. The van der Waals surface area contributed by atoms with Gasteiger partial charge in [-0.3, -0.25) is 9.59 Å². The van der Waals surface area contributed by atoms with Crippen LogP contribution in [0.4, 0.5) is 0 Å². The van der Waals surface area contributed by atoms with Crippen molar-refractivity contribution >= 4 is 17.4 Å². The van der Waals surface area contributed by atoms with Gasteiger partial charge in [-0.25, -0.2) is 0 Å². The van der Waals surface area contributed by atoms with E-state index in [1.807, 2.05) is 24.3 Å². The third-order valence-corrected chi connectivity index (χ3v) is 6.85. The number of ether oxygens (including phenoxy) is 3. The molecule has 4 rings (SSSR count). The zero-order chi connectivity index (χ0) is 26.4. The topological polar surface area (TPSA) is 88.5 Å². The number of fused-ring (bicyclic) bond motifs is 1. The lowest BCUT2D eigenvalue weighted by atomic mass is 9.95. The second-order valence-corrected chi connectivity index (χ2v) is 9.15. The summed E-state index contributed by atoms with van der Waals surface area (Å²) in [6.45, 7) is 10.3.